The largest absolute Gasteiger partial charge is 0.508 e. The molecule has 0 saturated carbocycles. The van der Waals surface area contributed by atoms with Gasteiger partial charge in [-0.05, 0) is 48.7 Å². The van der Waals surface area contributed by atoms with Gasteiger partial charge in [-0.3, -0.25) is 0 Å². The van der Waals surface area contributed by atoms with E-state index < -0.39 is 0 Å². The highest BCUT2D eigenvalue weighted by Gasteiger charge is 2.12. The molecule has 0 radical (unpaired) electrons. The molecule has 2 aromatic rings. The zero-order chi connectivity index (χ0) is 12.6. The molecule has 0 aromatic heterocycles. The molecule has 0 fully saturated rings. The van der Waals surface area contributed by atoms with E-state index in [2.05, 4.69) is 0 Å². The molecule has 0 spiro atoms. The number of rotatable bonds is 1. The number of hydrogen-bond acceptors (Lipinski definition) is 3. The van der Waals surface area contributed by atoms with Gasteiger partial charge in [0.2, 0.25) is 0 Å². The second-order valence-corrected chi connectivity index (χ2v) is 4.09. The van der Waals surface area contributed by atoms with E-state index in [-0.39, 0.29) is 17.2 Å². The molecule has 0 saturated heterocycles. The summed E-state index contributed by atoms with van der Waals surface area (Å²) in [6.07, 6.45) is 0. The van der Waals surface area contributed by atoms with Gasteiger partial charge in [-0.25, -0.2) is 0 Å². The first kappa shape index (κ1) is 11.3. The zero-order valence-corrected chi connectivity index (χ0v) is 9.73. The van der Waals surface area contributed by atoms with Gasteiger partial charge >= 0.3 is 0 Å². The van der Waals surface area contributed by atoms with E-state index in [9.17, 15) is 15.3 Å². The molecule has 3 heteroatoms. The molecular formula is C14H14O3. The third kappa shape index (κ3) is 1.91. The fourth-order valence-corrected chi connectivity index (χ4v) is 1.78. The van der Waals surface area contributed by atoms with Crippen LogP contribution in [0.3, 0.4) is 0 Å². The summed E-state index contributed by atoms with van der Waals surface area (Å²) in [5.74, 6) is 0.393. The third-order valence-corrected chi connectivity index (χ3v) is 3.00. The van der Waals surface area contributed by atoms with Gasteiger partial charge in [0.25, 0.3) is 0 Å². The fourth-order valence-electron chi connectivity index (χ4n) is 1.78. The van der Waals surface area contributed by atoms with Crippen LogP contribution in [0.5, 0.6) is 17.2 Å². The van der Waals surface area contributed by atoms with Gasteiger partial charge in [0.05, 0.1) is 0 Å². The average molecular weight is 230 g/mol. The van der Waals surface area contributed by atoms with E-state index in [4.69, 9.17) is 0 Å². The van der Waals surface area contributed by atoms with Crippen molar-refractivity contribution in [1.82, 2.24) is 0 Å². The summed E-state index contributed by atoms with van der Waals surface area (Å²) in [5.41, 5.74) is 2.48. The maximum Gasteiger partial charge on any atom is 0.126 e. The summed E-state index contributed by atoms with van der Waals surface area (Å²) in [4.78, 5) is 0. The summed E-state index contributed by atoms with van der Waals surface area (Å²) in [6, 6.07) is 8.07. The molecule has 0 heterocycles. The Bertz CT molecular complexity index is 574. The second kappa shape index (κ2) is 4.01. The second-order valence-electron chi connectivity index (χ2n) is 4.09. The summed E-state index contributed by atoms with van der Waals surface area (Å²) < 4.78 is 0. The Morgan fingerprint density at radius 1 is 0.882 bits per heavy atom. The maximum atomic E-state index is 10.1. The predicted molar refractivity (Wildman–Crippen MR) is 66.3 cm³/mol. The number of aromatic hydroxyl groups is 3. The number of benzene rings is 2. The van der Waals surface area contributed by atoms with Crippen molar-refractivity contribution in [3.05, 3.63) is 41.5 Å². The summed E-state index contributed by atoms with van der Waals surface area (Å²) in [5, 5.41) is 29.2. The highest BCUT2D eigenvalue weighted by molar-refractivity contribution is 5.75. The zero-order valence-electron chi connectivity index (χ0n) is 9.73. The van der Waals surface area contributed by atoms with Crippen LogP contribution >= 0.6 is 0 Å². The molecule has 0 atom stereocenters. The van der Waals surface area contributed by atoms with E-state index in [0.29, 0.717) is 22.3 Å². The van der Waals surface area contributed by atoms with Gasteiger partial charge in [0, 0.05) is 5.56 Å². The van der Waals surface area contributed by atoms with Crippen molar-refractivity contribution in [2.75, 3.05) is 0 Å². The lowest BCUT2D eigenvalue weighted by atomic mass is 9.98. The maximum absolute atomic E-state index is 10.1. The summed E-state index contributed by atoms with van der Waals surface area (Å²) >= 11 is 0. The highest BCUT2D eigenvalue weighted by atomic mass is 16.3. The van der Waals surface area contributed by atoms with Crippen molar-refractivity contribution >= 4 is 0 Å². The number of phenols is 3. The van der Waals surface area contributed by atoms with Gasteiger partial charge in [0.1, 0.15) is 17.2 Å². The van der Waals surface area contributed by atoms with Crippen molar-refractivity contribution in [2.45, 2.75) is 13.8 Å². The van der Waals surface area contributed by atoms with Crippen LogP contribution in [0, 0.1) is 13.8 Å². The Hall–Kier alpha value is -2.16. The van der Waals surface area contributed by atoms with Crippen LogP contribution in [0.15, 0.2) is 30.3 Å². The Labute approximate surface area is 99.6 Å². The van der Waals surface area contributed by atoms with Crippen molar-refractivity contribution in [1.29, 1.82) is 0 Å². The first-order chi connectivity index (χ1) is 8.00. The van der Waals surface area contributed by atoms with Crippen LogP contribution in [0.2, 0.25) is 0 Å². The van der Waals surface area contributed by atoms with Crippen molar-refractivity contribution < 1.29 is 15.3 Å². The van der Waals surface area contributed by atoms with Gasteiger partial charge in [-0.1, -0.05) is 12.1 Å². The van der Waals surface area contributed by atoms with Crippen LogP contribution < -0.4 is 0 Å². The third-order valence-electron chi connectivity index (χ3n) is 3.00. The van der Waals surface area contributed by atoms with E-state index >= 15 is 0 Å². The molecule has 3 nitrogen and oxygen atoms in total. The van der Waals surface area contributed by atoms with E-state index in [1.54, 1.807) is 38.1 Å². The molecule has 17 heavy (non-hydrogen) atoms. The lowest BCUT2D eigenvalue weighted by molar-refractivity contribution is 0.454. The fraction of sp³-hybridized carbons (Fsp3) is 0.143. The van der Waals surface area contributed by atoms with Gasteiger partial charge in [0.15, 0.2) is 0 Å². The van der Waals surface area contributed by atoms with Crippen LogP contribution in [0.1, 0.15) is 11.1 Å². The SMILES string of the molecule is Cc1c(O)cc(-c2cccc(O)c2)c(O)c1C. The number of phenolic OH excluding ortho intramolecular Hbond substituents is 3. The minimum Gasteiger partial charge on any atom is -0.508 e. The molecule has 0 aliphatic rings. The number of hydrogen-bond donors (Lipinski definition) is 3. The molecule has 0 bridgehead atoms. The van der Waals surface area contributed by atoms with E-state index in [0.717, 1.165) is 0 Å². The normalized spacial score (nSPS) is 10.5. The Morgan fingerprint density at radius 3 is 2.24 bits per heavy atom. The van der Waals surface area contributed by atoms with E-state index in [1.165, 1.54) is 6.07 Å². The Balaban J connectivity index is 2.68. The summed E-state index contributed by atoms with van der Waals surface area (Å²) in [7, 11) is 0. The van der Waals surface area contributed by atoms with Gasteiger partial charge in [-0.15, -0.1) is 0 Å². The standard InChI is InChI=1S/C14H14O3/c1-8-9(2)14(17)12(7-13(8)16)10-4-3-5-11(15)6-10/h3-7,15-17H,1-2H3. The molecule has 2 rings (SSSR count). The molecule has 0 unspecified atom stereocenters. The smallest absolute Gasteiger partial charge is 0.126 e. The minimum absolute atomic E-state index is 0.125. The van der Waals surface area contributed by atoms with Crippen LogP contribution in [0.4, 0.5) is 0 Å². The molecule has 2 aromatic carbocycles. The topological polar surface area (TPSA) is 60.7 Å². The van der Waals surface area contributed by atoms with Crippen LogP contribution in [0.25, 0.3) is 11.1 Å². The van der Waals surface area contributed by atoms with Crippen molar-refractivity contribution in [3.63, 3.8) is 0 Å². The van der Waals surface area contributed by atoms with Crippen molar-refractivity contribution in [3.8, 4) is 28.4 Å². The van der Waals surface area contributed by atoms with Gasteiger partial charge in [-0.2, -0.15) is 0 Å². The molecule has 88 valence electrons. The highest BCUT2D eigenvalue weighted by Crippen LogP contribution is 2.38. The average Bonchev–Trinajstić information content (AvgIpc) is 2.31. The molecule has 3 N–H and O–H groups in total. The van der Waals surface area contributed by atoms with Gasteiger partial charge < -0.3 is 15.3 Å². The predicted octanol–water partition coefficient (Wildman–Crippen LogP) is 3.09. The molecular weight excluding hydrogens is 216 g/mol. The lowest BCUT2D eigenvalue weighted by Crippen LogP contribution is -1.87. The first-order valence-corrected chi connectivity index (χ1v) is 5.32. The molecule has 0 amide bonds. The molecule has 0 aliphatic heterocycles. The minimum atomic E-state index is 0.125. The Kier molecular flexibility index (Phi) is 2.68. The lowest BCUT2D eigenvalue weighted by Gasteiger charge is -2.12. The quantitative estimate of drug-likeness (QED) is 0.660. The van der Waals surface area contributed by atoms with E-state index in [1.807, 2.05) is 0 Å². The molecule has 0 aliphatic carbocycles. The van der Waals surface area contributed by atoms with Crippen LogP contribution in [-0.4, -0.2) is 15.3 Å². The first-order valence-electron chi connectivity index (χ1n) is 5.32. The monoisotopic (exact) mass is 230 g/mol. The van der Waals surface area contributed by atoms with Crippen molar-refractivity contribution in [2.24, 2.45) is 0 Å². The summed E-state index contributed by atoms with van der Waals surface area (Å²) in [6.45, 7) is 3.49. The van der Waals surface area contributed by atoms with Crippen LogP contribution in [-0.2, 0) is 0 Å². The Morgan fingerprint density at radius 2 is 1.59 bits per heavy atom.